The minimum Gasteiger partial charge on any atom is -0.389 e. The molecule has 0 unspecified atom stereocenters. The van der Waals surface area contributed by atoms with Gasteiger partial charge in [0.25, 0.3) is 5.91 Å². The molecule has 7 heteroatoms. The minimum absolute atomic E-state index is 0.00664. The molecule has 3 fully saturated rings. The number of imide groups is 1. The lowest BCUT2D eigenvalue weighted by Crippen LogP contribution is -2.54. The number of anilines is 1. The molecule has 0 aromatic heterocycles. The van der Waals surface area contributed by atoms with Crippen LogP contribution < -0.4 is 10.2 Å². The van der Waals surface area contributed by atoms with Gasteiger partial charge in [0.2, 0.25) is 5.91 Å². The average Bonchev–Trinajstić information content (AvgIpc) is 2.99. The van der Waals surface area contributed by atoms with Crippen LogP contribution in [-0.2, 0) is 9.59 Å². The lowest BCUT2D eigenvalue weighted by Gasteiger charge is -2.47. The second-order valence-corrected chi connectivity index (χ2v) is 8.19. The van der Waals surface area contributed by atoms with E-state index in [1.165, 1.54) is 0 Å². The van der Waals surface area contributed by atoms with E-state index in [2.05, 4.69) is 5.32 Å². The van der Waals surface area contributed by atoms with E-state index in [0.29, 0.717) is 25.2 Å². The number of carbonyl (C=O) groups is 3. The van der Waals surface area contributed by atoms with Crippen molar-refractivity contribution in [3.63, 3.8) is 0 Å². The van der Waals surface area contributed by atoms with Crippen LogP contribution in [0.25, 0.3) is 0 Å². The molecule has 1 aromatic rings. The summed E-state index contributed by atoms with van der Waals surface area (Å²) in [5, 5.41) is 13.4. The molecule has 4 amide bonds. The number of rotatable bonds is 4. The van der Waals surface area contributed by atoms with Crippen molar-refractivity contribution in [1.29, 1.82) is 0 Å². The Balaban J connectivity index is 1.33. The molecule has 3 aliphatic rings. The van der Waals surface area contributed by atoms with Crippen LogP contribution in [0.15, 0.2) is 30.3 Å². The number of para-hydroxylation sites is 1. The first-order chi connectivity index (χ1) is 13.5. The van der Waals surface area contributed by atoms with Crippen LogP contribution in [0.4, 0.5) is 10.5 Å². The molecule has 1 aliphatic carbocycles. The second kappa shape index (κ2) is 7.54. The first kappa shape index (κ1) is 18.9. The second-order valence-electron chi connectivity index (χ2n) is 8.19. The summed E-state index contributed by atoms with van der Waals surface area (Å²) >= 11 is 0. The molecule has 0 spiro atoms. The van der Waals surface area contributed by atoms with Gasteiger partial charge < -0.3 is 15.3 Å². The Morgan fingerprint density at radius 1 is 1.18 bits per heavy atom. The summed E-state index contributed by atoms with van der Waals surface area (Å²) in [4.78, 5) is 40.5. The van der Waals surface area contributed by atoms with Gasteiger partial charge in [-0.05, 0) is 37.8 Å². The topological polar surface area (TPSA) is 90.0 Å². The van der Waals surface area contributed by atoms with E-state index < -0.39 is 17.7 Å². The summed E-state index contributed by atoms with van der Waals surface area (Å²) < 4.78 is 0. The standard InChI is InChI=1S/C21H27N3O4/c25-18(23-13-12-21(28)11-5-4-6-15(21)14-23)10-9-17-19(26)24(20(27)22-17)16-7-2-1-3-8-16/h1-3,7-8,15,17,28H,4-6,9-14H2,(H,22,27)/t15-,17-,21-/m0/s1. The first-order valence-electron chi connectivity index (χ1n) is 10.2. The summed E-state index contributed by atoms with van der Waals surface area (Å²) in [7, 11) is 0. The van der Waals surface area contributed by atoms with Crippen LogP contribution in [0.1, 0.15) is 44.9 Å². The number of aliphatic hydroxyl groups is 1. The number of nitrogens with one attached hydrogen (secondary N) is 1. The van der Waals surface area contributed by atoms with Crippen LogP contribution in [0, 0.1) is 5.92 Å². The van der Waals surface area contributed by atoms with Gasteiger partial charge in [0.05, 0.1) is 11.3 Å². The Labute approximate surface area is 164 Å². The maximum Gasteiger partial charge on any atom is 0.329 e. The summed E-state index contributed by atoms with van der Waals surface area (Å²) in [5.74, 6) is -0.169. The molecule has 3 atom stereocenters. The van der Waals surface area contributed by atoms with Crippen molar-refractivity contribution in [3.05, 3.63) is 30.3 Å². The Morgan fingerprint density at radius 2 is 1.96 bits per heavy atom. The van der Waals surface area contributed by atoms with E-state index in [1.807, 2.05) is 11.0 Å². The lowest BCUT2D eigenvalue weighted by molar-refractivity contribution is -0.143. The Bertz CT molecular complexity index is 768. The van der Waals surface area contributed by atoms with Crippen molar-refractivity contribution in [2.75, 3.05) is 18.0 Å². The van der Waals surface area contributed by atoms with E-state index in [-0.39, 0.29) is 30.6 Å². The average molecular weight is 385 g/mol. The van der Waals surface area contributed by atoms with Gasteiger partial charge in [0, 0.05) is 25.4 Å². The van der Waals surface area contributed by atoms with Crippen LogP contribution >= 0.6 is 0 Å². The molecule has 2 aliphatic heterocycles. The molecule has 1 aromatic carbocycles. The summed E-state index contributed by atoms with van der Waals surface area (Å²) in [6, 6.07) is 7.68. The van der Waals surface area contributed by atoms with Crippen molar-refractivity contribution >= 4 is 23.5 Å². The fourth-order valence-corrected chi connectivity index (χ4v) is 4.77. The van der Waals surface area contributed by atoms with Crippen LogP contribution in [0.2, 0.25) is 0 Å². The monoisotopic (exact) mass is 385 g/mol. The lowest BCUT2D eigenvalue weighted by atomic mass is 9.71. The van der Waals surface area contributed by atoms with Crippen LogP contribution in [0.3, 0.4) is 0 Å². The third kappa shape index (κ3) is 3.51. The highest BCUT2D eigenvalue weighted by molar-refractivity contribution is 6.21. The van der Waals surface area contributed by atoms with Crippen molar-refractivity contribution in [1.82, 2.24) is 10.2 Å². The molecule has 150 valence electrons. The van der Waals surface area contributed by atoms with E-state index in [4.69, 9.17) is 0 Å². The van der Waals surface area contributed by atoms with Crippen molar-refractivity contribution in [3.8, 4) is 0 Å². The van der Waals surface area contributed by atoms with Gasteiger partial charge in [-0.25, -0.2) is 9.69 Å². The normalized spacial score (nSPS) is 30.2. The van der Waals surface area contributed by atoms with Crippen LogP contribution in [0.5, 0.6) is 0 Å². The number of fused-ring (bicyclic) bond motifs is 1. The molecule has 28 heavy (non-hydrogen) atoms. The predicted octanol–water partition coefficient (Wildman–Crippen LogP) is 2.05. The fourth-order valence-electron chi connectivity index (χ4n) is 4.77. The highest BCUT2D eigenvalue weighted by Gasteiger charge is 2.44. The summed E-state index contributed by atoms with van der Waals surface area (Å²) in [5.41, 5.74) is -0.0768. The summed E-state index contributed by atoms with van der Waals surface area (Å²) in [6.07, 6.45) is 5.09. The van der Waals surface area contributed by atoms with E-state index in [0.717, 1.165) is 30.6 Å². The Hall–Kier alpha value is -2.41. The largest absolute Gasteiger partial charge is 0.389 e. The number of benzene rings is 1. The van der Waals surface area contributed by atoms with Gasteiger partial charge >= 0.3 is 6.03 Å². The number of nitrogens with zero attached hydrogens (tertiary/aromatic N) is 2. The molecule has 0 bridgehead atoms. The number of piperidine rings is 1. The van der Waals surface area contributed by atoms with Crippen molar-refractivity contribution < 1.29 is 19.5 Å². The third-order valence-electron chi connectivity index (χ3n) is 6.46. The minimum atomic E-state index is -0.673. The number of hydrogen-bond acceptors (Lipinski definition) is 4. The number of hydrogen-bond donors (Lipinski definition) is 2. The molecular formula is C21H27N3O4. The maximum absolute atomic E-state index is 12.7. The molecule has 0 radical (unpaired) electrons. The molecule has 4 rings (SSSR count). The molecule has 2 saturated heterocycles. The van der Waals surface area contributed by atoms with E-state index in [9.17, 15) is 19.5 Å². The number of urea groups is 1. The highest BCUT2D eigenvalue weighted by Crippen LogP contribution is 2.39. The first-order valence-corrected chi connectivity index (χ1v) is 10.2. The van der Waals surface area contributed by atoms with E-state index in [1.54, 1.807) is 24.3 Å². The number of amides is 4. The zero-order valence-corrected chi connectivity index (χ0v) is 16.0. The molecular weight excluding hydrogens is 358 g/mol. The Morgan fingerprint density at radius 3 is 2.75 bits per heavy atom. The quantitative estimate of drug-likeness (QED) is 0.776. The zero-order chi connectivity index (χ0) is 19.7. The van der Waals surface area contributed by atoms with Gasteiger partial charge in [-0.3, -0.25) is 9.59 Å². The van der Waals surface area contributed by atoms with Crippen LogP contribution in [-0.4, -0.2) is 52.6 Å². The summed E-state index contributed by atoms with van der Waals surface area (Å²) in [6.45, 7) is 1.16. The van der Waals surface area contributed by atoms with Gasteiger partial charge in [-0.2, -0.15) is 0 Å². The fraction of sp³-hybridized carbons (Fsp3) is 0.571. The van der Waals surface area contributed by atoms with Crippen molar-refractivity contribution in [2.45, 2.75) is 56.6 Å². The van der Waals surface area contributed by atoms with Gasteiger partial charge in [0.15, 0.2) is 0 Å². The van der Waals surface area contributed by atoms with Gasteiger partial charge in [-0.15, -0.1) is 0 Å². The molecule has 1 saturated carbocycles. The Kier molecular flexibility index (Phi) is 5.10. The molecule has 7 nitrogen and oxygen atoms in total. The SMILES string of the molecule is O=C(CC[C@@H]1NC(=O)N(c2ccccc2)C1=O)N1CC[C@@]2(O)CCCC[C@H]2C1. The van der Waals surface area contributed by atoms with Gasteiger partial charge in [0.1, 0.15) is 6.04 Å². The maximum atomic E-state index is 12.7. The van der Waals surface area contributed by atoms with Gasteiger partial charge in [-0.1, -0.05) is 31.0 Å². The van der Waals surface area contributed by atoms with E-state index >= 15 is 0 Å². The van der Waals surface area contributed by atoms with Crippen molar-refractivity contribution in [2.24, 2.45) is 5.92 Å². The number of carbonyl (C=O) groups excluding carboxylic acids is 3. The predicted molar refractivity (Wildman–Crippen MR) is 104 cm³/mol. The third-order valence-corrected chi connectivity index (χ3v) is 6.46. The molecule has 2 heterocycles. The molecule has 2 N–H and O–H groups in total. The highest BCUT2D eigenvalue weighted by atomic mass is 16.3. The zero-order valence-electron chi connectivity index (χ0n) is 16.0. The smallest absolute Gasteiger partial charge is 0.329 e. The number of likely N-dealkylation sites (tertiary alicyclic amines) is 1.